The number of nitrogens with one attached hydrogen (secondary N) is 1. The highest BCUT2D eigenvalue weighted by Crippen LogP contribution is 2.32. The number of alkyl halides is 3. The van der Waals surface area contributed by atoms with Gasteiger partial charge in [-0.05, 0) is 30.3 Å². The molecule has 27 heavy (non-hydrogen) atoms. The minimum atomic E-state index is -4.46. The lowest BCUT2D eigenvalue weighted by atomic mass is 10.1. The van der Waals surface area contributed by atoms with Gasteiger partial charge in [-0.3, -0.25) is 9.59 Å². The lowest BCUT2D eigenvalue weighted by Crippen LogP contribution is -2.32. The molecule has 0 saturated carbocycles. The number of benzene rings is 2. The third kappa shape index (κ3) is 4.27. The lowest BCUT2D eigenvalue weighted by Gasteiger charge is -2.17. The molecule has 1 fully saturated rings. The van der Waals surface area contributed by atoms with Gasteiger partial charge in [-0.15, -0.1) is 0 Å². The van der Waals surface area contributed by atoms with Crippen molar-refractivity contribution in [3.05, 3.63) is 65.5 Å². The highest BCUT2D eigenvalue weighted by atomic mass is 19.4. The van der Waals surface area contributed by atoms with Gasteiger partial charge in [0, 0.05) is 30.8 Å². The third-order valence-corrected chi connectivity index (χ3v) is 4.41. The zero-order chi connectivity index (χ0) is 19.6. The Hall–Kier alpha value is -2.90. The molecule has 1 aliphatic rings. The second kappa shape index (κ2) is 7.38. The smallest absolute Gasteiger partial charge is 0.352 e. The molecule has 1 saturated heterocycles. The minimum absolute atomic E-state index is 0.00350. The van der Waals surface area contributed by atoms with E-state index in [1.54, 1.807) is 12.1 Å². The molecule has 1 heterocycles. The van der Waals surface area contributed by atoms with Gasteiger partial charge in [-0.25, -0.2) is 4.39 Å². The summed E-state index contributed by atoms with van der Waals surface area (Å²) in [5.74, 6) is -1.83. The molecule has 1 aliphatic heterocycles. The molecule has 8 heteroatoms. The molecular weight excluding hydrogens is 364 g/mol. The average molecular weight is 380 g/mol. The van der Waals surface area contributed by atoms with Crippen molar-refractivity contribution < 1.29 is 27.2 Å². The molecule has 1 unspecified atom stereocenters. The van der Waals surface area contributed by atoms with E-state index in [9.17, 15) is 27.2 Å². The first-order valence-corrected chi connectivity index (χ1v) is 8.24. The Kier molecular flexibility index (Phi) is 5.16. The lowest BCUT2D eigenvalue weighted by molar-refractivity contribution is -0.137. The molecule has 0 aromatic heterocycles. The van der Waals surface area contributed by atoms with Crippen LogP contribution in [0.3, 0.4) is 0 Å². The Morgan fingerprint density at radius 1 is 1.11 bits per heavy atom. The van der Waals surface area contributed by atoms with Crippen molar-refractivity contribution in [2.24, 2.45) is 5.92 Å². The molecule has 0 spiro atoms. The van der Waals surface area contributed by atoms with Crippen LogP contribution in [0.25, 0.3) is 0 Å². The van der Waals surface area contributed by atoms with Gasteiger partial charge in [0.15, 0.2) is 0 Å². The predicted molar refractivity (Wildman–Crippen MR) is 90.2 cm³/mol. The van der Waals surface area contributed by atoms with Crippen LogP contribution >= 0.6 is 0 Å². The summed E-state index contributed by atoms with van der Waals surface area (Å²) in [6.07, 6.45) is -4.51. The van der Waals surface area contributed by atoms with Crippen LogP contribution in [0, 0.1) is 11.7 Å². The van der Waals surface area contributed by atoms with Crippen molar-refractivity contribution in [3.8, 4) is 0 Å². The van der Waals surface area contributed by atoms with E-state index < -0.39 is 29.4 Å². The maximum Gasteiger partial charge on any atom is 0.416 e. The number of rotatable bonds is 4. The summed E-state index contributed by atoms with van der Waals surface area (Å²) in [7, 11) is 0. The average Bonchev–Trinajstić information content (AvgIpc) is 3.02. The maximum absolute atomic E-state index is 13.6. The zero-order valence-corrected chi connectivity index (χ0v) is 14.1. The first-order chi connectivity index (χ1) is 12.8. The van der Waals surface area contributed by atoms with Gasteiger partial charge >= 0.3 is 6.18 Å². The van der Waals surface area contributed by atoms with Crippen molar-refractivity contribution >= 4 is 17.5 Å². The van der Waals surface area contributed by atoms with Crippen LogP contribution < -0.4 is 10.2 Å². The number of halogens is 4. The number of carbonyl (C=O) groups excluding carboxylic acids is 2. The van der Waals surface area contributed by atoms with Crippen LogP contribution in [0.15, 0.2) is 48.5 Å². The molecule has 1 N–H and O–H groups in total. The van der Waals surface area contributed by atoms with Gasteiger partial charge in [0.05, 0.1) is 11.5 Å². The standard InChI is InChI=1S/C19H16F4N2O2/c20-16-4-2-1-3-12(16)10-24-18(27)13-9-17(26)25(11-13)15-7-5-14(6-8-15)19(21,22)23/h1-8,13H,9-11H2,(H,24,27). The van der Waals surface area contributed by atoms with Gasteiger partial charge in [0.1, 0.15) is 5.82 Å². The van der Waals surface area contributed by atoms with Gasteiger partial charge in [0.2, 0.25) is 11.8 Å². The summed E-state index contributed by atoms with van der Waals surface area (Å²) >= 11 is 0. The van der Waals surface area contributed by atoms with E-state index in [-0.39, 0.29) is 25.4 Å². The number of hydrogen-bond donors (Lipinski definition) is 1. The monoisotopic (exact) mass is 380 g/mol. The van der Waals surface area contributed by atoms with Crippen LogP contribution in [0.5, 0.6) is 0 Å². The fraction of sp³-hybridized carbons (Fsp3) is 0.263. The van der Waals surface area contributed by atoms with Crippen molar-refractivity contribution in [1.82, 2.24) is 5.32 Å². The van der Waals surface area contributed by atoms with Gasteiger partial charge in [-0.2, -0.15) is 13.2 Å². The molecule has 2 aromatic carbocycles. The van der Waals surface area contributed by atoms with Crippen molar-refractivity contribution in [2.75, 3.05) is 11.4 Å². The van der Waals surface area contributed by atoms with Crippen molar-refractivity contribution in [3.63, 3.8) is 0 Å². The Labute approximate surface area is 152 Å². The number of nitrogens with zero attached hydrogens (tertiary/aromatic N) is 1. The van der Waals surface area contributed by atoms with Crippen molar-refractivity contribution in [1.29, 1.82) is 0 Å². The van der Waals surface area contributed by atoms with E-state index in [4.69, 9.17) is 0 Å². The molecule has 2 amide bonds. The maximum atomic E-state index is 13.6. The molecule has 2 aromatic rings. The third-order valence-electron chi connectivity index (χ3n) is 4.41. The largest absolute Gasteiger partial charge is 0.416 e. The van der Waals surface area contributed by atoms with Crippen LogP contribution in [0.4, 0.5) is 23.2 Å². The summed E-state index contributed by atoms with van der Waals surface area (Å²) < 4.78 is 51.5. The molecule has 142 valence electrons. The molecule has 0 aliphatic carbocycles. The normalized spacial score (nSPS) is 17.3. The van der Waals surface area contributed by atoms with Gasteiger partial charge in [0.25, 0.3) is 0 Å². The van der Waals surface area contributed by atoms with Crippen LogP contribution in [0.1, 0.15) is 17.5 Å². The molecule has 0 bridgehead atoms. The number of hydrogen-bond acceptors (Lipinski definition) is 2. The highest BCUT2D eigenvalue weighted by Gasteiger charge is 2.36. The Morgan fingerprint density at radius 3 is 2.41 bits per heavy atom. The van der Waals surface area contributed by atoms with Crippen LogP contribution in [-0.4, -0.2) is 18.4 Å². The van der Waals surface area contributed by atoms with E-state index in [0.717, 1.165) is 12.1 Å². The topological polar surface area (TPSA) is 49.4 Å². The van der Waals surface area contributed by atoms with E-state index in [1.165, 1.54) is 29.2 Å². The number of anilines is 1. The predicted octanol–water partition coefficient (Wildman–Crippen LogP) is 3.51. The minimum Gasteiger partial charge on any atom is -0.352 e. The fourth-order valence-electron chi connectivity index (χ4n) is 2.93. The summed E-state index contributed by atoms with van der Waals surface area (Å²) in [6.45, 7) is 0.0593. The Bertz CT molecular complexity index is 850. The van der Waals surface area contributed by atoms with Crippen LogP contribution in [0.2, 0.25) is 0 Å². The molecule has 0 radical (unpaired) electrons. The fourth-order valence-corrected chi connectivity index (χ4v) is 2.93. The molecule has 4 nitrogen and oxygen atoms in total. The summed E-state index contributed by atoms with van der Waals surface area (Å²) in [5, 5.41) is 2.60. The number of carbonyl (C=O) groups is 2. The van der Waals surface area contributed by atoms with Crippen LogP contribution in [-0.2, 0) is 22.3 Å². The van der Waals surface area contributed by atoms with E-state index in [2.05, 4.69) is 5.32 Å². The SMILES string of the molecule is O=C(NCc1ccccc1F)C1CC(=O)N(c2ccc(C(F)(F)F)cc2)C1. The summed E-state index contributed by atoms with van der Waals surface area (Å²) in [6, 6.07) is 10.2. The Balaban J connectivity index is 1.63. The quantitative estimate of drug-likeness (QED) is 0.826. The first-order valence-electron chi connectivity index (χ1n) is 8.24. The zero-order valence-electron chi connectivity index (χ0n) is 14.1. The highest BCUT2D eigenvalue weighted by molar-refractivity contribution is 6.00. The van der Waals surface area contributed by atoms with E-state index in [1.807, 2.05) is 0 Å². The molecular formula is C19H16F4N2O2. The van der Waals surface area contributed by atoms with Crippen molar-refractivity contribution in [2.45, 2.75) is 19.1 Å². The number of amides is 2. The molecule has 1 atom stereocenters. The van der Waals surface area contributed by atoms with Gasteiger partial charge < -0.3 is 10.2 Å². The van der Waals surface area contributed by atoms with E-state index in [0.29, 0.717) is 11.3 Å². The summed E-state index contributed by atoms with van der Waals surface area (Å²) in [5.41, 5.74) is -0.177. The first kappa shape index (κ1) is 18.9. The Morgan fingerprint density at radius 2 is 1.78 bits per heavy atom. The second-order valence-corrected chi connectivity index (χ2v) is 6.26. The molecule has 3 rings (SSSR count). The second-order valence-electron chi connectivity index (χ2n) is 6.26. The van der Waals surface area contributed by atoms with Gasteiger partial charge in [-0.1, -0.05) is 18.2 Å². The summed E-state index contributed by atoms with van der Waals surface area (Å²) in [4.78, 5) is 25.7. The van der Waals surface area contributed by atoms with E-state index >= 15 is 0 Å².